The maximum absolute atomic E-state index is 12.0. The highest BCUT2D eigenvalue weighted by Crippen LogP contribution is 2.18. The fraction of sp³-hybridized carbons (Fsp3) is 0.500. The molecule has 5 N–H and O–H groups in total. The molecular formula is C14H22N6O3. The predicted octanol–water partition coefficient (Wildman–Crippen LogP) is -0.133. The number of anilines is 2. The van der Waals surface area contributed by atoms with Crippen LogP contribution in [-0.2, 0) is 14.4 Å². The first kappa shape index (κ1) is 17.0. The summed E-state index contributed by atoms with van der Waals surface area (Å²) >= 11 is 0. The Bertz CT molecular complexity index is 586. The Morgan fingerprint density at radius 2 is 2.17 bits per heavy atom. The highest BCUT2D eigenvalue weighted by atomic mass is 16.6. The molecule has 1 aliphatic rings. The molecule has 126 valence electrons. The standard InChI is InChI=1S/C14H22N6O3/c1-3-11(23-16)13(21)17-9(2)10-8-12(15)19-14(18-10)20-4-6-22-7-5-20/h3,8-9H,4-7,16H2,1-2H3,(H,17,21)(H2,15,18,19)/b11-3-. The van der Waals surface area contributed by atoms with E-state index in [9.17, 15) is 4.79 Å². The monoisotopic (exact) mass is 322 g/mol. The molecule has 0 radical (unpaired) electrons. The number of morpholine rings is 1. The van der Waals surface area contributed by atoms with Gasteiger partial charge in [0.25, 0.3) is 5.91 Å². The summed E-state index contributed by atoms with van der Waals surface area (Å²) in [6.45, 7) is 6.11. The maximum atomic E-state index is 12.0. The van der Waals surface area contributed by atoms with Gasteiger partial charge in [-0.25, -0.2) is 4.98 Å². The number of nitrogens with two attached hydrogens (primary N) is 2. The quantitative estimate of drug-likeness (QED) is 0.388. The maximum Gasteiger partial charge on any atom is 0.289 e. The van der Waals surface area contributed by atoms with Crippen molar-refractivity contribution in [2.45, 2.75) is 19.9 Å². The zero-order valence-corrected chi connectivity index (χ0v) is 13.3. The van der Waals surface area contributed by atoms with Crippen LogP contribution in [0, 0.1) is 0 Å². The molecule has 1 amide bonds. The van der Waals surface area contributed by atoms with Gasteiger partial charge in [0.2, 0.25) is 11.7 Å². The van der Waals surface area contributed by atoms with Crippen LogP contribution in [0.2, 0.25) is 0 Å². The van der Waals surface area contributed by atoms with Crippen molar-refractivity contribution in [1.29, 1.82) is 0 Å². The third-order valence-corrected chi connectivity index (χ3v) is 3.45. The summed E-state index contributed by atoms with van der Waals surface area (Å²) < 4.78 is 5.32. The molecule has 0 aromatic carbocycles. The van der Waals surface area contributed by atoms with E-state index in [4.69, 9.17) is 16.4 Å². The van der Waals surface area contributed by atoms with Gasteiger partial charge in [0.05, 0.1) is 24.9 Å². The van der Waals surface area contributed by atoms with E-state index in [1.54, 1.807) is 19.9 Å². The summed E-state index contributed by atoms with van der Waals surface area (Å²) in [5, 5.41) is 2.75. The van der Waals surface area contributed by atoms with Crippen molar-refractivity contribution in [1.82, 2.24) is 15.3 Å². The van der Waals surface area contributed by atoms with E-state index >= 15 is 0 Å². The van der Waals surface area contributed by atoms with Gasteiger partial charge in [-0.1, -0.05) is 0 Å². The summed E-state index contributed by atoms with van der Waals surface area (Å²) in [6.07, 6.45) is 1.48. The summed E-state index contributed by atoms with van der Waals surface area (Å²) in [6, 6.07) is 1.26. The molecule has 1 aromatic heterocycles. The summed E-state index contributed by atoms with van der Waals surface area (Å²) in [7, 11) is 0. The molecule has 23 heavy (non-hydrogen) atoms. The van der Waals surface area contributed by atoms with E-state index in [0.717, 1.165) is 0 Å². The number of carbonyl (C=O) groups is 1. The minimum Gasteiger partial charge on any atom is -0.406 e. The minimum absolute atomic E-state index is 0.0345. The first-order valence-corrected chi connectivity index (χ1v) is 7.36. The van der Waals surface area contributed by atoms with Crippen LogP contribution in [0.25, 0.3) is 0 Å². The largest absolute Gasteiger partial charge is 0.406 e. The van der Waals surface area contributed by atoms with Crippen molar-refractivity contribution >= 4 is 17.7 Å². The number of carbonyl (C=O) groups excluding carboxylic acids is 1. The number of nitrogen functional groups attached to an aromatic ring is 1. The number of ether oxygens (including phenoxy) is 1. The molecule has 0 saturated carbocycles. The van der Waals surface area contributed by atoms with Crippen molar-refractivity contribution in [2.75, 3.05) is 36.9 Å². The van der Waals surface area contributed by atoms with Crippen molar-refractivity contribution < 1.29 is 14.4 Å². The highest BCUT2D eigenvalue weighted by molar-refractivity contribution is 5.91. The number of hydrogen-bond acceptors (Lipinski definition) is 8. The normalized spacial score (nSPS) is 16.8. The average Bonchev–Trinajstić information content (AvgIpc) is 2.56. The van der Waals surface area contributed by atoms with Gasteiger partial charge in [-0.15, -0.1) is 0 Å². The Balaban J connectivity index is 2.15. The first-order valence-electron chi connectivity index (χ1n) is 7.36. The van der Waals surface area contributed by atoms with E-state index in [1.165, 1.54) is 6.08 Å². The molecule has 2 rings (SSSR count). The van der Waals surface area contributed by atoms with Crippen LogP contribution in [0.3, 0.4) is 0 Å². The lowest BCUT2D eigenvalue weighted by molar-refractivity contribution is -0.121. The lowest BCUT2D eigenvalue weighted by Gasteiger charge is -2.27. The second kappa shape index (κ2) is 7.75. The number of amides is 1. The van der Waals surface area contributed by atoms with Crippen LogP contribution in [0.15, 0.2) is 17.9 Å². The Labute approximate surface area is 134 Å². The Morgan fingerprint density at radius 3 is 2.78 bits per heavy atom. The molecule has 1 aliphatic heterocycles. The van der Waals surface area contributed by atoms with Gasteiger partial charge in [0.1, 0.15) is 5.82 Å². The Morgan fingerprint density at radius 1 is 1.48 bits per heavy atom. The topological polar surface area (TPSA) is 129 Å². The number of hydrogen-bond donors (Lipinski definition) is 3. The highest BCUT2D eigenvalue weighted by Gasteiger charge is 2.19. The van der Waals surface area contributed by atoms with Gasteiger partial charge < -0.3 is 25.5 Å². The zero-order valence-electron chi connectivity index (χ0n) is 13.3. The van der Waals surface area contributed by atoms with Crippen molar-refractivity contribution in [3.63, 3.8) is 0 Å². The van der Waals surface area contributed by atoms with E-state index in [2.05, 4.69) is 20.1 Å². The van der Waals surface area contributed by atoms with Crippen molar-refractivity contribution in [2.24, 2.45) is 5.90 Å². The van der Waals surface area contributed by atoms with Crippen LogP contribution in [0.5, 0.6) is 0 Å². The van der Waals surface area contributed by atoms with E-state index < -0.39 is 5.91 Å². The minimum atomic E-state index is -0.424. The second-order valence-corrected chi connectivity index (χ2v) is 5.08. The van der Waals surface area contributed by atoms with E-state index in [1.807, 2.05) is 4.90 Å². The van der Waals surface area contributed by atoms with Crippen LogP contribution in [-0.4, -0.2) is 42.2 Å². The van der Waals surface area contributed by atoms with E-state index in [0.29, 0.717) is 43.8 Å². The number of rotatable bonds is 5. The van der Waals surface area contributed by atoms with Gasteiger partial charge in [-0.3, -0.25) is 4.79 Å². The van der Waals surface area contributed by atoms with E-state index in [-0.39, 0.29) is 11.8 Å². The van der Waals surface area contributed by atoms with Gasteiger partial charge in [0, 0.05) is 19.2 Å². The number of nitrogens with one attached hydrogen (secondary N) is 1. The molecule has 9 heteroatoms. The molecule has 0 spiro atoms. The smallest absolute Gasteiger partial charge is 0.289 e. The van der Waals surface area contributed by atoms with Crippen LogP contribution >= 0.6 is 0 Å². The molecule has 1 saturated heterocycles. The Kier molecular flexibility index (Phi) is 5.72. The lowest BCUT2D eigenvalue weighted by Crippen LogP contribution is -2.38. The Hall–Kier alpha value is -2.39. The summed E-state index contributed by atoms with van der Waals surface area (Å²) in [5.41, 5.74) is 6.48. The van der Waals surface area contributed by atoms with Crippen LogP contribution in [0.4, 0.5) is 11.8 Å². The molecule has 1 atom stereocenters. The second-order valence-electron chi connectivity index (χ2n) is 5.08. The molecule has 0 bridgehead atoms. The zero-order chi connectivity index (χ0) is 16.8. The van der Waals surface area contributed by atoms with Crippen molar-refractivity contribution in [3.8, 4) is 0 Å². The molecule has 1 aromatic rings. The summed E-state index contributed by atoms with van der Waals surface area (Å²) in [5.74, 6) is 5.54. The summed E-state index contributed by atoms with van der Waals surface area (Å²) in [4.78, 5) is 27.2. The number of nitrogens with zero attached hydrogens (tertiary/aromatic N) is 3. The number of allylic oxidation sites excluding steroid dienone is 1. The lowest BCUT2D eigenvalue weighted by atomic mass is 10.2. The van der Waals surface area contributed by atoms with Crippen LogP contribution < -0.4 is 21.8 Å². The molecule has 1 unspecified atom stereocenters. The molecule has 0 aliphatic carbocycles. The molecule has 2 heterocycles. The van der Waals surface area contributed by atoms with Crippen LogP contribution in [0.1, 0.15) is 25.6 Å². The SMILES string of the molecule is C/C=C(\ON)C(=O)NC(C)c1cc(N)nc(N2CCOCC2)n1. The van der Waals surface area contributed by atoms with Crippen molar-refractivity contribution in [3.05, 3.63) is 23.6 Å². The molecule has 9 nitrogen and oxygen atoms in total. The third-order valence-electron chi connectivity index (χ3n) is 3.45. The number of aromatic nitrogens is 2. The molecular weight excluding hydrogens is 300 g/mol. The average molecular weight is 322 g/mol. The fourth-order valence-electron chi connectivity index (χ4n) is 2.19. The predicted molar refractivity (Wildman–Crippen MR) is 85.1 cm³/mol. The van der Waals surface area contributed by atoms with Gasteiger partial charge in [-0.2, -0.15) is 10.9 Å². The van der Waals surface area contributed by atoms with Gasteiger partial charge in [0.15, 0.2) is 0 Å². The van der Waals surface area contributed by atoms with Gasteiger partial charge in [-0.05, 0) is 19.9 Å². The molecule has 1 fully saturated rings. The fourth-order valence-corrected chi connectivity index (χ4v) is 2.19. The first-order chi connectivity index (χ1) is 11.0. The van der Waals surface area contributed by atoms with Gasteiger partial charge >= 0.3 is 0 Å². The third kappa shape index (κ3) is 4.30.